The van der Waals surface area contributed by atoms with Crippen molar-refractivity contribution in [2.45, 2.75) is 44.3 Å². The van der Waals surface area contributed by atoms with E-state index in [4.69, 9.17) is 0 Å². The highest BCUT2D eigenvalue weighted by molar-refractivity contribution is 5.19. The smallest absolute Gasteiger partial charge is 0.312 e. The van der Waals surface area contributed by atoms with Gasteiger partial charge in [0.2, 0.25) is 0 Å². The fourth-order valence-electron chi connectivity index (χ4n) is 4.13. The maximum Gasteiger partial charge on any atom is 0.417 e. The second kappa shape index (κ2) is 5.59. The summed E-state index contributed by atoms with van der Waals surface area (Å²) in [4.78, 5) is 4.04. The second-order valence-electron chi connectivity index (χ2n) is 6.48. The van der Waals surface area contributed by atoms with Crippen molar-refractivity contribution in [1.29, 1.82) is 0 Å². The largest absolute Gasteiger partial charge is 0.417 e. The Balaban J connectivity index is 1.68. The number of halogens is 3. The molecule has 0 saturated heterocycles. The van der Waals surface area contributed by atoms with Gasteiger partial charge in [-0.3, -0.25) is 4.98 Å². The van der Waals surface area contributed by atoms with Gasteiger partial charge in [0.15, 0.2) is 0 Å². The molecule has 1 N–H and O–H groups in total. The van der Waals surface area contributed by atoms with Gasteiger partial charge in [-0.2, -0.15) is 13.2 Å². The number of fused-ring (bicyclic) bond motifs is 2. The van der Waals surface area contributed by atoms with Crippen LogP contribution in [0.15, 0.2) is 18.3 Å². The second-order valence-corrected chi connectivity index (χ2v) is 6.48. The third-order valence-corrected chi connectivity index (χ3v) is 5.24. The summed E-state index contributed by atoms with van der Waals surface area (Å²) in [7, 11) is 1.86. The average Bonchev–Trinajstić information content (AvgIpc) is 3.06. The van der Waals surface area contributed by atoms with Gasteiger partial charge in [-0.05, 0) is 62.6 Å². The number of alkyl halides is 3. The lowest BCUT2D eigenvalue weighted by molar-refractivity contribution is -0.137. The average molecular weight is 298 g/mol. The van der Waals surface area contributed by atoms with Crippen LogP contribution in [0.2, 0.25) is 0 Å². The van der Waals surface area contributed by atoms with Crippen LogP contribution >= 0.6 is 0 Å². The van der Waals surface area contributed by atoms with Crippen LogP contribution in [0, 0.1) is 17.8 Å². The normalized spacial score (nSPS) is 29.8. The zero-order valence-corrected chi connectivity index (χ0v) is 12.2. The maximum absolute atomic E-state index is 12.6. The zero-order valence-electron chi connectivity index (χ0n) is 12.2. The molecule has 5 heteroatoms. The summed E-state index contributed by atoms with van der Waals surface area (Å²) < 4.78 is 37.7. The molecule has 116 valence electrons. The number of pyridine rings is 1. The molecule has 1 heterocycles. The molecule has 4 unspecified atom stereocenters. The van der Waals surface area contributed by atoms with Crippen molar-refractivity contribution in [3.8, 4) is 0 Å². The van der Waals surface area contributed by atoms with Crippen molar-refractivity contribution in [1.82, 2.24) is 10.3 Å². The van der Waals surface area contributed by atoms with Crippen molar-refractivity contribution >= 4 is 0 Å². The van der Waals surface area contributed by atoms with Gasteiger partial charge in [0, 0.05) is 12.2 Å². The number of aromatic nitrogens is 1. The molecule has 2 bridgehead atoms. The molecule has 2 fully saturated rings. The predicted octanol–water partition coefficient (Wildman–Crippen LogP) is 4.19. The lowest BCUT2D eigenvalue weighted by Gasteiger charge is -2.26. The fraction of sp³-hybridized carbons (Fsp3) is 0.688. The Morgan fingerprint density at radius 3 is 2.57 bits per heavy atom. The van der Waals surface area contributed by atoms with E-state index in [1.165, 1.54) is 31.7 Å². The van der Waals surface area contributed by atoms with Crippen molar-refractivity contribution in [3.05, 3.63) is 29.6 Å². The lowest BCUT2D eigenvalue weighted by atomic mass is 9.83. The molecule has 2 saturated carbocycles. The third kappa shape index (κ3) is 3.07. The van der Waals surface area contributed by atoms with E-state index in [-0.39, 0.29) is 6.04 Å². The fourth-order valence-corrected chi connectivity index (χ4v) is 4.13. The SMILES string of the molecule is CNC(CC1CC2CCC1C2)c1ccc(C(F)(F)F)cn1. The van der Waals surface area contributed by atoms with Crippen LogP contribution in [-0.2, 0) is 6.18 Å². The number of hydrogen-bond donors (Lipinski definition) is 1. The molecule has 2 aliphatic carbocycles. The quantitative estimate of drug-likeness (QED) is 0.901. The Morgan fingerprint density at radius 2 is 2.10 bits per heavy atom. The van der Waals surface area contributed by atoms with Gasteiger partial charge >= 0.3 is 6.18 Å². The van der Waals surface area contributed by atoms with Crippen LogP contribution in [0.25, 0.3) is 0 Å². The first-order valence-corrected chi connectivity index (χ1v) is 7.67. The summed E-state index contributed by atoms with van der Waals surface area (Å²) in [5, 5.41) is 3.22. The monoisotopic (exact) mass is 298 g/mol. The summed E-state index contributed by atoms with van der Waals surface area (Å²) in [6.07, 6.45) is 2.93. The van der Waals surface area contributed by atoms with Gasteiger partial charge in [0.1, 0.15) is 0 Å². The summed E-state index contributed by atoms with van der Waals surface area (Å²) in [5.74, 6) is 2.41. The van der Waals surface area contributed by atoms with Crippen molar-refractivity contribution < 1.29 is 13.2 Å². The van der Waals surface area contributed by atoms with E-state index in [1.807, 2.05) is 7.05 Å². The molecule has 4 atom stereocenters. The van der Waals surface area contributed by atoms with Gasteiger partial charge in [0.05, 0.1) is 11.3 Å². The first-order chi connectivity index (χ1) is 9.97. The van der Waals surface area contributed by atoms with Crippen LogP contribution < -0.4 is 5.32 Å². The lowest BCUT2D eigenvalue weighted by Crippen LogP contribution is -2.23. The maximum atomic E-state index is 12.6. The van der Waals surface area contributed by atoms with Gasteiger partial charge in [-0.25, -0.2) is 0 Å². The van der Waals surface area contributed by atoms with Crippen molar-refractivity contribution in [2.24, 2.45) is 17.8 Å². The highest BCUT2D eigenvalue weighted by Crippen LogP contribution is 2.50. The molecular formula is C16H21F3N2. The van der Waals surface area contributed by atoms with Crippen molar-refractivity contribution in [3.63, 3.8) is 0 Å². The minimum atomic E-state index is -4.31. The summed E-state index contributed by atoms with van der Waals surface area (Å²) in [6.45, 7) is 0. The van der Waals surface area contributed by atoms with E-state index in [2.05, 4.69) is 10.3 Å². The highest BCUT2D eigenvalue weighted by atomic mass is 19.4. The Labute approximate surface area is 123 Å². The molecule has 0 radical (unpaired) electrons. The van der Waals surface area contributed by atoms with Gasteiger partial charge in [-0.15, -0.1) is 0 Å². The molecule has 21 heavy (non-hydrogen) atoms. The summed E-state index contributed by atoms with van der Waals surface area (Å²) in [5.41, 5.74) is 0.0364. The first-order valence-electron chi connectivity index (χ1n) is 7.67. The third-order valence-electron chi connectivity index (χ3n) is 5.24. The van der Waals surface area contributed by atoms with Crippen molar-refractivity contribution in [2.75, 3.05) is 7.05 Å². The Morgan fingerprint density at radius 1 is 1.29 bits per heavy atom. The molecule has 0 amide bonds. The summed E-state index contributed by atoms with van der Waals surface area (Å²) >= 11 is 0. The van der Waals surface area contributed by atoms with E-state index in [0.717, 1.165) is 30.5 Å². The molecule has 0 spiro atoms. The van der Waals surface area contributed by atoms with E-state index in [1.54, 1.807) is 0 Å². The van der Waals surface area contributed by atoms with Crippen LogP contribution in [0.3, 0.4) is 0 Å². The van der Waals surface area contributed by atoms with Crippen LogP contribution in [0.4, 0.5) is 13.2 Å². The Kier molecular flexibility index (Phi) is 3.95. The summed E-state index contributed by atoms with van der Waals surface area (Å²) in [6, 6.07) is 2.70. The Bertz CT molecular complexity index is 483. The minimum absolute atomic E-state index is 0.0524. The molecule has 0 aliphatic heterocycles. The van der Waals surface area contributed by atoms with E-state index in [9.17, 15) is 13.2 Å². The molecule has 1 aromatic rings. The van der Waals surface area contributed by atoms with Crippen LogP contribution in [-0.4, -0.2) is 12.0 Å². The molecular weight excluding hydrogens is 277 g/mol. The van der Waals surface area contributed by atoms with Gasteiger partial charge in [0.25, 0.3) is 0 Å². The standard InChI is InChI=1S/C16H21F3N2/c1-20-15(8-12-7-10-2-3-11(12)6-10)14-5-4-13(9-21-14)16(17,18)19/h4-5,9-12,15,20H,2-3,6-8H2,1H3. The number of nitrogens with one attached hydrogen (secondary N) is 1. The predicted molar refractivity (Wildman–Crippen MR) is 74.6 cm³/mol. The zero-order chi connectivity index (χ0) is 15.0. The van der Waals surface area contributed by atoms with Crippen LogP contribution in [0.5, 0.6) is 0 Å². The molecule has 2 nitrogen and oxygen atoms in total. The molecule has 3 rings (SSSR count). The van der Waals surface area contributed by atoms with E-state index < -0.39 is 11.7 Å². The first kappa shape index (κ1) is 14.8. The molecule has 1 aromatic heterocycles. The number of nitrogens with zero attached hydrogens (tertiary/aromatic N) is 1. The highest BCUT2D eigenvalue weighted by Gasteiger charge is 2.40. The topological polar surface area (TPSA) is 24.9 Å². The Hall–Kier alpha value is -1.10. The number of hydrogen-bond acceptors (Lipinski definition) is 2. The van der Waals surface area contributed by atoms with Gasteiger partial charge < -0.3 is 5.32 Å². The van der Waals surface area contributed by atoms with E-state index in [0.29, 0.717) is 11.6 Å². The molecule has 0 aromatic carbocycles. The minimum Gasteiger partial charge on any atom is -0.312 e. The van der Waals surface area contributed by atoms with Crippen LogP contribution in [0.1, 0.15) is 49.4 Å². The van der Waals surface area contributed by atoms with E-state index >= 15 is 0 Å². The number of rotatable bonds is 4. The van der Waals surface area contributed by atoms with Gasteiger partial charge in [-0.1, -0.05) is 6.42 Å². The molecule has 2 aliphatic rings.